The molecular weight excluding hydrogens is 505 g/mol. The third-order valence-corrected chi connectivity index (χ3v) is 7.69. The van der Waals surface area contributed by atoms with Crippen molar-refractivity contribution in [2.24, 2.45) is 0 Å². The summed E-state index contributed by atoms with van der Waals surface area (Å²) in [7, 11) is -2.73. The Labute approximate surface area is 215 Å². The Hall–Kier alpha value is -3.43. The zero-order chi connectivity index (χ0) is 26.5. The van der Waals surface area contributed by atoms with Crippen molar-refractivity contribution in [2.45, 2.75) is 31.3 Å². The minimum absolute atomic E-state index is 0.00492. The van der Waals surface area contributed by atoms with Crippen molar-refractivity contribution in [2.75, 3.05) is 17.9 Å². The molecule has 0 saturated carbocycles. The first-order chi connectivity index (χ1) is 17.0. The highest BCUT2D eigenvalue weighted by Crippen LogP contribution is 2.27. The van der Waals surface area contributed by atoms with Crippen molar-refractivity contribution < 1.29 is 22.4 Å². The second-order valence-electron chi connectivity index (χ2n) is 8.24. The van der Waals surface area contributed by atoms with E-state index in [1.807, 2.05) is 6.92 Å². The largest absolute Gasteiger partial charge is 0.357 e. The lowest BCUT2D eigenvalue weighted by Crippen LogP contribution is -2.50. The number of halogens is 2. The number of sulfonamides is 1. The number of nitrogens with one attached hydrogen (secondary N) is 1. The number of likely N-dealkylation sites (N-methyl/N-ethyl adjacent to an activating group) is 1. The van der Waals surface area contributed by atoms with E-state index in [-0.39, 0.29) is 17.1 Å². The average molecular weight is 532 g/mol. The molecule has 10 heteroatoms. The van der Waals surface area contributed by atoms with Crippen molar-refractivity contribution in [1.29, 1.82) is 0 Å². The molecule has 0 saturated heterocycles. The number of aryl methyl sites for hydroxylation is 1. The monoisotopic (exact) mass is 531 g/mol. The normalized spacial score (nSPS) is 12.0. The molecule has 0 heterocycles. The Balaban J connectivity index is 2.02. The summed E-state index contributed by atoms with van der Waals surface area (Å²) in [5.41, 5.74) is 1.66. The quantitative estimate of drug-likeness (QED) is 0.449. The highest BCUT2D eigenvalue weighted by molar-refractivity contribution is 7.92. The molecular formula is C26H27ClFN3O4S. The van der Waals surface area contributed by atoms with Gasteiger partial charge >= 0.3 is 0 Å². The van der Waals surface area contributed by atoms with Gasteiger partial charge in [-0.05, 0) is 61.9 Å². The molecule has 3 aromatic carbocycles. The molecule has 1 N–H and O–H groups in total. The van der Waals surface area contributed by atoms with E-state index in [2.05, 4.69) is 5.32 Å². The molecule has 0 unspecified atom stereocenters. The molecule has 190 valence electrons. The van der Waals surface area contributed by atoms with Gasteiger partial charge in [0.1, 0.15) is 18.4 Å². The van der Waals surface area contributed by atoms with Crippen molar-refractivity contribution in [1.82, 2.24) is 10.2 Å². The van der Waals surface area contributed by atoms with Gasteiger partial charge in [-0.3, -0.25) is 13.9 Å². The molecule has 7 nitrogen and oxygen atoms in total. The van der Waals surface area contributed by atoms with Gasteiger partial charge < -0.3 is 10.2 Å². The third kappa shape index (κ3) is 6.41. The number of nitrogens with zero attached hydrogens (tertiary/aromatic N) is 2. The lowest BCUT2D eigenvalue weighted by Gasteiger charge is -2.31. The van der Waals surface area contributed by atoms with E-state index in [1.165, 1.54) is 60.5 Å². The Morgan fingerprint density at radius 3 is 2.25 bits per heavy atom. The molecule has 0 radical (unpaired) electrons. The maximum Gasteiger partial charge on any atom is 0.264 e. The summed E-state index contributed by atoms with van der Waals surface area (Å²) in [4.78, 5) is 27.3. The van der Waals surface area contributed by atoms with Crippen molar-refractivity contribution in [3.8, 4) is 0 Å². The number of carbonyl (C=O) groups excluding carboxylic acids is 2. The van der Waals surface area contributed by atoms with Crippen LogP contribution in [-0.4, -0.2) is 44.8 Å². The van der Waals surface area contributed by atoms with Crippen LogP contribution in [0.5, 0.6) is 0 Å². The number of amides is 2. The van der Waals surface area contributed by atoms with E-state index in [1.54, 1.807) is 31.2 Å². The van der Waals surface area contributed by atoms with E-state index in [0.29, 0.717) is 10.6 Å². The minimum atomic E-state index is -4.17. The van der Waals surface area contributed by atoms with E-state index in [0.717, 1.165) is 9.87 Å². The Morgan fingerprint density at radius 1 is 1.03 bits per heavy atom. The maximum atomic E-state index is 13.7. The van der Waals surface area contributed by atoms with Crippen LogP contribution >= 0.6 is 11.6 Å². The highest BCUT2D eigenvalue weighted by atomic mass is 35.5. The van der Waals surface area contributed by atoms with Gasteiger partial charge in [-0.25, -0.2) is 12.8 Å². The molecule has 0 fully saturated rings. The molecule has 0 aliphatic rings. The molecule has 0 aliphatic carbocycles. The predicted octanol–water partition coefficient (Wildman–Crippen LogP) is 4.15. The van der Waals surface area contributed by atoms with Crippen molar-refractivity contribution in [3.63, 3.8) is 0 Å². The van der Waals surface area contributed by atoms with Crippen LogP contribution in [0.3, 0.4) is 0 Å². The van der Waals surface area contributed by atoms with E-state index >= 15 is 0 Å². The molecule has 3 aromatic rings. The second-order valence-corrected chi connectivity index (χ2v) is 10.5. The Bertz CT molecular complexity index is 1330. The van der Waals surface area contributed by atoms with Crippen LogP contribution in [0, 0.1) is 12.7 Å². The molecule has 36 heavy (non-hydrogen) atoms. The fraction of sp³-hybridized carbons (Fsp3) is 0.231. The van der Waals surface area contributed by atoms with Gasteiger partial charge in [0, 0.05) is 18.6 Å². The second kappa shape index (κ2) is 11.5. The lowest BCUT2D eigenvalue weighted by molar-refractivity contribution is -0.139. The summed E-state index contributed by atoms with van der Waals surface area (Å²) in [5.74, 6) is -1.49. The molecule has 0 bridgehead atoms. The van der Waals surface area contributed by atoms with Crippen molar-refractivity contribution in [3.05, 3.63) is 94.8 Å². The van der Waals surface area contributed by atoms with Gasteiger partial charge in [0.25, 0.3) is 10.0 Å². The fourth-order valence-corrected chi connectivity index (χ4v) is 5.17. The van der Waals surface area contributed by atoms with Crippen LogP contribution in [0.15, 0.2) is 77.7 Å². The minimum Gasteiger partial charge on any atom is -0.357 e. The third-order valence-electron chi connectivity index (χ3n) is 5.66. The summed E-state index contributed by atoms with van der Waals surface area (Å²) in [6, 6.07) is 17.0. The van der Waals surface area contributed by atoms with Crippen LogP contribution in [0.2, 0.25) is 5.02 Å². The average Bonchev–Trinajstić information content (AvgIpc) is 2.86. The fourth-order valence-electron chi connectivity index (χ4n) is 3.58. The van der Waals surface area contributed by atoms with Crippen LogP contribution in [0.4, 0.5) is 10.1 Å². The first-order valence-electron chi connectivity index (χ1n) is 11.1. The van der Waals surface area contributed by atoms with Gasteiger partial charge in [-0.2, -0.15) is 0 Å². The molecule has 3 rings (SSSR count). The Morgan fingerprint density at radius 2 is 1.67 bits per heavy atom. The number of carbonyl (C=O) groups is 2. The standard InChI is InChI=1S/C26H27ClFN3O4S/c1-18-7-13-24(14-8-18)36(34,35)31(23-6-4-5-21(27)15-23)17-25(32)30(19(2)26(33)29-3)16-20-9-11-22(28)12-10-20/h4-15,19H,16-17H2,1-3H3,(H,29,33)/t19-/m1/s1. The Kier molecular flexibility index (Phi) is 8.70. The summed E-state index contributed by atoms with van der Waals surface area (Å²) < 4.78 is 41.7. The van der Waals surface area contributed by atoms with Crippen LogP contribution in [0.1, 0.15) is 18.1 Å². The highest BCUT2D eigenvalue weighted by Gasteiger charge is 2.32. The van der Waals surface area contributed by atoms with Crippen molar-refractivity contribution >= 4 is 39.1 Å². The lowest BCUT2D eigenvalue weighted by atomic mass is 10.1. The molecule has 0 aliphatic heterocycles. The van der Waals surface area contributed by atoms with E-state index in [4.69, 9.17) is 11.6 Å². The number of hydrogen-bond acceptors (Lipinski definition) is 4. The van der Waals surface area contributed by atoms with Gasteiger partial charge in [0.15, 0.2) is 0 Å². The van der Waals surface area contributed by atoms with Crippen LogP contribution in [0.25, 0.3) is 0 Å². The van der Waals surface area contributed by atoms with Gasteiger partial charge in [-0.1, -0.05) is 47.5 Å². The molecule has 0 aromatic heterocycles. The predicted molar refractivity (Wildman–Crippen MR) is 138 cm³/mol. The first kappa shape index (κ1) is 27.2. The first-order valence-corrected chi connectivity index (χ1v) is 12.9. The zero-order valence-corrected chi connectivity index (χ0v) is 21.7. The summed E-state index contributed by atoms with van der Waals surface area (Å²) in [5, 5.41) is 2.80. The maximum absolute atomic E-state index is 13.7. The van der Waals surface area contributed by atoms with Crippen LogP contribution < -0.4 is 9.62 Å². The number of hydrogen-bond donors (Lipinski definition) is 1. The summed E-state index contributed by atoms with van der Waals surface area (Å²) in [6.45, 7) is 2.77. The smallest absolute Gasteiger partial charge is 0.264 e. The molecule has 0 spiro atoms. The number of rotatable bonds is 9. The SMILES string of the molecule is CNC(=O)[C@@H](C)N(Cc1ccc(F)cc1)C(=O)CN(c1cccc(Cl)c1)S(=O)(=O)c1ccc(C)cc1. The van der Waals surface area contributed by atoms with E-state index in [9.17, 15) is 22.4 Å². The van der Waals surface area contributed by atoms with E-state index < -0.39 is 40.2 Å². The van der Waals surface area contributed by atoms with Gasteiger partial charge in [0.2, 0.25) is 11.8 Å². The van der Waals surface area contributed by atoms with Gasteiger partial charge in [0.05, 0.1) is 10.6 Å². The molecule has 1 atom stereocenters. The zero-order valence-electron chi connectivity index (χ0n) is 20.1. The number of benzene rings is 3. The molecule has 2 amide bonds. The summed E-state index contributed by atoms with van der Waals surface area (Å²) >= 11 is 6.14. The number of anilines is 1. The topological polar surface area (TPSA) is 86.8 Å². The van der Waals surface area contributed by atoms with Crippen LogP contribution in [-0.2, 0) is 26.2 Å². The summed E-state index contributed by atoms with van der Waals surface area (Å²) in [6.07, 6.45) is 0. The van der Waals surface area contributed by atoms with Gasteiger partial charge in [-0.15, -0.1) is 0 Å².